The van der Waals surface area contributed by atoms with E-state index in [0.29, 0.717) is 51.1 Å². The summed E-state index contributed by atoms with van der Waals surface area (Å²) in [7, 11) is -3.94. The second kappa shape index (κ2) is 13.8. The first-order chi connectivity index (χ1) is 17.6. The minimum atomic E-state index is -3.94. The van der Waals surface area contributed by atoms with Crippen LogP contribution in [0.4, 0.5) is 8.78 Å². The molecule has 0 aromatic heterocycles. The van der Waals surface area contributed by atoms with E-state index in [1.54, 1.807) is 0 Å². The van der Waals surface area contributed by atoms with Crippen molar-refractivity contribution in [1.82, 2.24) is 5.32 Å². The zero-order valence-corrected chi connectivity index (χ0v) is 22.3. The second-order valence-electron chi connectivity index (χ2n) is 9.51. The zero-order chi connectivity index (χ0) is 26.8. The first-order valence-electron chi connectivity index (χ1n) is 12.6. The van der Waals surface area contributed by atoms with Gasteiger partial charge in [0.25, 0.3) is 0 Å². The number of aryl methyl sites for hydroxylation is 2. The van der Waals surface area contributed by atoms with Crippen LogP contribution in [-0.2, 0) is 17.5 Å². The van der Waals surface area contributed by atoms with E-state index in [9.17, 15) is 13.3 Å². The minimum absolute atomic E-state index is 0.123. The largest absolute Gasteiger partial charge is 0.494 e. The Balaban J connectivity index is 1.52. The summed E-state index contributed by atoms with van der Waals surface area (Å²) in [6, 6.07) is 17.8. The molecule has 3 aromatic rings. The van der Waals surface area contributed by atoms with E-state index in [2.05, 4.69) is 11.4 Å². The van der Waals surface area contributed by atoms with E-state index in [0.717, 1.165) is 16.7 Å². The molecule has 3 rings (SSSR count). The summed E-state index contributed by atoms with van der Waals surface area (Å²) < 4.78 is 46.0. The van der Waals surface area contributed by atoms with E-state index in [4.69, 9.17) is 14.5 Å². The summed E-state index contributed by atoms with van der Waals surface area (Å²) >= 11 is 0. The fourth-order valence-electron chi connectivity index (χ4n) is 4.33. The van der Waals surface area contributed by atoms with Crippen molar-refractivity contribution in [2.24, 2.45) is 0 Å². The van der Waals surface area contributed by atoms with Gasteiger partial charge in [-0.1, -0.05) is 36.4 Å². The molecule has 0 aliphatic heterocycles. The van der Waals surface area contributed by atoms with Crippen LogP contribution < -0.4 is 10.1 Å². The molecule has 0 radical (unpaired) electrons. The van der Waals surface area contributed by atoms with Gasteiger partial charge in [-0.15, -0.1) is 0 Å². The Kier molecular flexibility index (Phi) is 10.8. The maximum Gasteiger partial charge on any atom is 0.325 e. The lowest BCUT2D eigenvalue weighted by Crippen LogP contribution is -2.15. The Hall–Kier alpha value is -2.57. The molecular formula is C29H36F2NO4P. The first kappa shape index (κ1) is 29.0. The molecule has 1 unspecified atom stereocenters. The Bertz CT molecular complexity index is 1180. The van der Waals surface area contributed by atoms with Gasteiger partial charge < -0.3 is 19.8 Å². The number of hydrogen-bond donors (Lipinski definition) is 3. The van der Waals surface area contributed by atoms with Crippen LogP contribution in [0.1, 0.15) is 53.0 Å². The number of rotatable bonds is 14. The average Bonchev–Trinajstić information content (AvgIpc) is 2.83. The van der Waals surface area contributed by atoms with Gasteiger partial charge in [0.2, 0.25) is 0 Å². The van der Waals surface area contributed by atoms with Crippen LogP contribution in [0.2, 0.25) is 0 Å². The van der Waals surface area contributed by atoms with Crippen molar-refractivity contribution in [2.45, 2.75) is 52.0 Å². The lowest BCUT2D eigenvalue weighted by atomic mass is 9.87. The highest BCUT2D eigenvalue weighted by molar-refractivity contribution is 7.51. The van der Waals surface area contributed by atoms with E-state index in [-0.39, 0.29) is 17.6 Å². The van der Waals surface area contributed by atoms with Gasteiger partial charge in [0.05, 0.1) is 12.8 Å². The third-order valence-electron chi connectivity index (χ3n) is 6.48. The van der Waals surface area contributed by atoms with E-state index in [1.807, 2.05) is 50.2 Å². The zero-order valence-electron chi connectivity index (χ0n) is 21.4. The average molecular weight is 532 g/mol. The SMILES string of the molecule is Cc1ccc(CC(CCCOc2ccc(CNCCCP(=O)(O)O)cc2)c2c(F)cccc2F)cc1C. The predicted molar refractivity (Wildman–Crippen MR) is 143 cm³/mol. The molecule has 3 N–H and O–H groups in total. The van der Waals surface area contributed by atoms with Crippen molar-refractivity contribution >= 4 is 7.60 Å². The van der Waals surface area contributed by atoms with Crippen molar-refractivity contribution < 1.29 is 27.9 Å². The number of benzene rings is 3. The summed E-state index contributed by atoms with van der Waals surface area (Å²) in [5.41, 5.74) is 4.58. The summed E-state index contributed by atoms with van der Waals surface area (Å²) in [4.78, 5) is 17.8. The van der Waals surface area contributed by atoms with Crippen molar-refractivity contribution in [3.8, 4) is 5.75 Å². The number of halogens is 2. The highest BCUT2D eigenvalue weighted by Gasteiger charge is 2.21. The number of nitrogens with one attached hydrogen (secondary N) is 1. The summed E-state index contributed by atoms with van der Waals surface area (Å²) in [5.74, 6) is -0.611. The molecule has 0 spiro atoms. The van der Waals surface area contributed by atoms with E-state index < -0.39 is 19.2 Å². The molecule has 0 saturated carbocycles. The summed E-state index contributed by atoms with van der Waals surface area (Å²) in [5, 5.41) is 3.16. The lowest BCUT2D eigenvalue weighted by Gasteiger charge is -2.20. The van der Waals surface area contributed by atoms with Crippen molar-refractivity contribution in [3.05, 3.63) is 100 Å². The second-order valence-corrected chi connectivity index (χ2v) is 11.3. The van der Waals surface area contributed by atoms with E-state index >= 15 is 0 Å². The van der Waals surface area contributed by atoms with Gasteiger partial charge in [-0.3, -0.25) is 4.57 Å². The molecule has 5 nitrogen and oxygen atoms in total. The van der Waals surface area contributed by atoms with Crippen molar-refractivity contribution in [2.75, 3.05) is 19.3 Å². The third-order valence-corrected chi connectivity index (χ3v) is 7.38. The molecule has 0 aliphatic rings. The van der Waals surface area contributed by atoms with Gasteiger partial charge in [-0.05, 0) is 98.5 Å². The molecule has 0 aliphatic carbocycles. The molecule has 0 bridgehead atoms. The van der Waals surface area contributed by atoms with Crippen LogP contribution in [-0.4, -0.2) is 29.1 Å². The van der Waals surface area contributed by atoms with Crippen LogP contribution in [0.5, 0.6) is 5.75 Å². The minimum Gasteiger partial charge on any atom is -0.494 e. The van der Waals surface area contributed by atoms with Crippen LogP contribution in [0.25, 0.3) is 0 Å². The normalized spacial score (nSPS) is 12.5. The van der Waals surface area contributed by atoms with E-state index in [1.165, 1.54) is 23.8 Å². The highest BCUT2D eigenvalue weighted by Crippen LogP contribution is 2.34. The predicted octanol–water partition coefficient (Wildman–Crippen LogP) is 6.42. The van der Waals surface area contributed by atoms with Crippen LogP contribution in [0, 0.1) is 25.5 Å². The maximum absolute atomic E-state index is 14.6. The maximum atomic E-state index is 14.6. The molecule has 0 amide bonds. The molecule has 3 aromatic carbocycles. The molecule has 0 fully saturated rings. The van der Waals surface area contributed by atoms with Crippen LogP contribution >= 0.6 is 7.60 Å². The van der Waals surface area contributed by atoms with Gasteiger partial charge in [-0.25, -0.2) is 8.78 Å². The third kappa shape index (κ3) is 9.67. The van der Waals surface area contributed by atoms with Gasteiger partial charge >= 0.3 is 7.60 Å². The first-order valence-corrected chi connectivity index (χ1v) is 14.4. The molecule has 0 heterocycles. The fraction of sp³-hybridized carbons (Fsp3) is 0.379. The Morgan fingerprint density at radius 2 is 1.59 bits per heavy atom. The van der Waals surface area contributed by atoms with Crippen LogP contribution in [0.15, 0.2) is 60.7 Å². The van der Waals surface area contributed by atoms with Crippen molar-refractivity contribution in [3.63, 3.8) is 0 Å². The topological polar surface area (TPSA) is 78.8 Å². The van der Waals surface area contributed by atoms with Gasteiger partial charge in [0.15, 0.2) is 0 Å². The van der Waals surface area contributed by atoms with Gasteiger partial charge in [0, 0.05) is 12.1 Å². The monoisotopic (exact) mass is 531 g/mol. The molecular weight excluding hydrogens is 495 g/mol. The molecule has 8 heteroatoms. The molecule has 200 valence electrons. The van der Waals surface area contributed by atoms with Gasteiger partial charge in [-0.2, -0.15) is 0 Å². The molecule has 0 saturated heterocycles. The fourth-order valence-corrected chi connectivity index (χ4v) is 4.90. The number of hydrogen-bond acceptors (Lipinski definition) is 3. The quantitative estimate of drug-likeness (QED) is 0.165. The summed E-state index contributed by atoms with van der Waals surface area (Å²) in [6.07, 6.45) is 2.07. The lowest BCUT2D eigenvalue weighted by molar-refractivity contribution is 0.299. The number of ether oxygens (including phenoxy) is 1. The van der Waals surface area contributed by atoms with Crippen molar-refractivity contribution in [1.29, 1.82) is 0 Å². The highest BCUT2D eigenvalue weighted by atomic mass is 31.2. The van der Waals surface area contributed by atoms with Gasteiger partial charge in [0.1, 0.15) is 17.4 Å². The Morgan fingerprint density at radius 1 is 0.919 bits per heavy atom. The standard InChI is InChI=1S/C29H36F2NO4P/c1-21-9-10-24(18-22(21)2)19-25(29-27(30)7-3-8-28(29)31)6-4-16-36-26-13-11-23(12-14-26)20-32-15-5-17-37(33,34)35/h3,7-14,18,25,32H,4-6,15-17,19-20H2,1-2H3,(H2,33,34,35). The Labute approximate surface area is 218 Å². The molecule has 37 heavy (non-hydrogen) atoms. The molecule has 1 atom stereocenters. The summed E-state index contributed by atoms with van der Waals surface area (Å²) in [6.45, 7) is 5.63. The smallest absolute Gasteiger partial charge is 0.325 e. The Morgan fingerprint density at radius 3 is 2.24 bits per heavy atom. The van der Waals surface area contributed by atoms with Crippen LogP contribution in [0.3, 0.4) is 0 Å².